The Morgan fingerprint density at radius 1 is 0.517 bits per heavy atom. The van der Waals surface area contributed by atoms with Crippen molar-refractivity contribution in [1.29, 1.82) is 0 Å². The molecule has 0 spiro atoms. The van der Waals surface area contributed by atoms with Gasteiger partial charge in [-0.25, -0.2) is 0 Å². The van der Waals surface area contributed by atoms with Gasteiger partial charge in [-0.2, -0.15) is 0 Å². The van der Waals surface area contributed by atoms with E-state index >= 15 is 0 Å². The number of furan rings is 2. The molecule has 0 bridgehead atoms. The van der Waals surface area contributed by atoms with Crippen molar-refractivity contribution in [3.63, 3.8) is 0 Å². The van der Waals surface area contributed by atoms with Crippen LogP contribution in [-0.4, -0.2) is 5.43 Å². The molecule has 0 radical (unpaired) electrons. The minimum absolute atomic E-state index is 0.533. The zero-order chi connectivity index (χ0) is 41.7. The Hall–Kier alpha value is -3.82. The van der Waals surface area contributed by atoms with Gasteiger partial charge in [-0.3, -0.25) is 0 Å². The van der Waals surface area contributed by atoms with E-state index in [-0.39, 0.29) is 0 Å². The van der Waals surface area contributed by atoms with Crippen molar-refractivity contribution < 1.29 is 50.2 Å². The van der Waals surface area contributed by atoms with E-state index in [9.17, 15) is 26.3 Å². The first-order valence-electron chi connectivity index (χ1n) is 18.8. The molecule has 0 fully saturated rings. The molecule has 298 valence electrons. The van der Waals surface area contributed by atoms with Crippen LogP contribution in [0.2, 0.25) is 13.1 Å². The summed E-state index contributed by atoms with van der Waals surface area (Å²) in [4.78, 5) is 0. The van der Waals surface area contributed by atoms with Crippen molar-refractivity contribution in [2.45, 2.75) is 60.4 Å². The predicted molar refractivity (Wildman–Crippen MR) is 221 cm³/mol. The van der Waals surface area contributed by atoms with Crippen LogP contribution in [-0.2, 0) is 27.4 Å². The minimum atomic E-state index is -5.69. The zero-order valence-corrected chi connectivity index (χ0v) is 37.4. The van der Waals surface area contributed by atoms with Crippen molar-refractivity contribution in [2.75, 3.05) is 0 Å². The second-order valence-corrected chi connectivity index (χ2v) is 54.5. The third kappa shape index (κ3) is 6.57. The summed E-state index contributed by atoms with van der Waals surface area (Å²) in [5, 5.41) is 0. The van der Waals surface area contributed by atoms with Crippen molar-refractivity contribution >= 4 is 45.8 Å². The summed E-state index contributed by atoms with van der Waals surface area (Å²) in [6.45, 7) is 11.9. The van der Waals surface area contributed by atoms with Gasteiger partial charge in [-0.15, -0.1) is 0 Å². The van der Waals surface area contributed by atoms with E-state index in [1.54, 1.807) is 0 Å². The number of rotatable bonds is 6. The van der Waals surface area contributed by atoms with Crippen molar-refractivity contribution in [1.82, 2.24) is 0 Å². The van der Waals surface area contributed by atoms with E-state index in [2.05, 4.69) is 25.2 Å². The molecule has 0 N–H and O–H groups in total. The van der Waals surface area contributed by atoms with E-state index in [4.69, 9.17) is 25.9 Å². The molecule has 0 amide bonds. The van der Waals surface area contributed by atoms with Gasteiger partial charge in [-0.1, -0.05) is 0 Å². The number of aryl methyl sites for hydroxylation is 4. The molecule has 2 aliphatic rings. The van der Waals surface area contributed by atoms with Gasteiger partial charge < -0.3 is 0 Å². The molecule has 12 heteroatoms. The monoisotopic (exact) mass is 924 g/mol. The second-order valence-electron chi connectivity index (χ2n) is 15.7. The van der Waals surface area contributed by atoms with Crippen LogP contribution in [0, 0.1) is 27.7 Å². The van der Waals surface area contributed by atoms with E-state index in [0.717, 1.165) is 79.9 Å². The standard InChI is InChI=1S/2C22H16F3O.C2H6Si.2ClH.Zr/c2*1-13-3-5-16-11-17(20-10-4-14(2)26-20)12-19(16)21(13)15-6-8-18(9-7-15)22(23,24)25;1-3-2;;;/h2*3-12H,1-2H3;1-2H3;2*1H;/q;;;;;+2/p-2. The van der Waals surface area contributed by atoms with Gasteiger partial charge in [0.05, 0.1) is 0 Å². The number of hydrogen-bond acceptors (Lipinski definition) is 2. The fraction of sp³-hybridized carbons (Fsp3) is 0.217. The number of benzene rings is 4. The summed E-state index contributed by atoms with van der Waals surface area (Å²) >= 11 is -5.69. The third-order valence-corrected chi connectivity index (χ3v) is 58.1. The molecule has 2 aliphatic carbocycles. The van der Waals surface area contributed by atoms with Crippen molar-refractivity contribution in [2.24, 2.45) is 0 Å². The Kier molecular flexibility index (Phi) is 9.98. The van der Waals surface area contributed by atoms with Gasteiger partial charge in [0.25, 0.3) is 0 Å². The first-order chi connectivity index (χ1) is 27.2. The Labute approximate surface area is 341 Å². The van der Waals surface area contributed by atoms with E-state index in [1.807, 2.05) is 76.2 Å². The van der Waals surface area contributed by atoms with Crippen LogP contribution < -0.4 is 0 Å². The number of fused-ring (bicyclic) bond motifs is 2. The van der Waals surface area contributed by atoms with Crippen LogP contribution in [0.5, 0.6) is 0 Å². The van der Waals surface area contributed by atoms with Gasteiger partial charge in [0.1, 0.15) is 0 Å². The molecule has 2 unspecified atom stereocenters. The van der Waals surface area contributed by atoms with E-state index in [1.165, 1.54) is 24.3 Å². The third-order valence-electron chi connectivity index (χ3n) is 11.9. The summed E-state index contributed by atoms with van der Waals surface area (Å²) < 4.78 is 93.8. The van der Waals surface area contributed by atoms with Crippen molar-refractivity contribution in [3.8, 4) is 22.3 Å². The Morgan fingerprint density at radius 3 is 1.17 bits per heavy atom. The van der Waals surface area contributed by atoms with E-state index < -0.39 is 51.2 Å². The van der Waals surface area contributed by atoms with Crippen LogP contribution in [0.1, 0.15) is 74.8 Å². The SMILES string of the molecule is Cc1ccc(C2=Cc3c(ccc(C)c3-c3ccc(C(F)(F)F)cc3)[CH]2[Zr]([Cl])([Cl])([CH]2C(c3ccc(C)o3)=Cc3c2ccc(C)c3-c2ccc(C(F)(F)F)cc2)=[Si](C)C)o1. The molecule has 0 aliphatic heterocycles. The molecule has 58 heavy (non-hydrogen) atoms. The normalized spacial score (nSPS) is 16.9. The molecular weight excluding hydrogens is 889 g/mol. The summed E-state index contributed by atoms with van der Waals surface area (Å²) in [7, 11) is 17.4. The summed E-state index contributed by atoms with van der Waals surface area (Å²) in [6.07, 6.45) is -4.86. The zero-order valence-electron chi connectivity index (χ0n) is 32.4. The van der Waals surface area contributed by atoms with Crippen molar-refractivity contribution in [3.05, 3.63) is 165 Å². The maximum atomic E-state index is 13.7. The molecule has 0 saturated carbocycles. The summed E-state index contributed by atoms with van der Waals surface area (Å²) in [5.41, 5.74) is 6.44. The fourth-order valence-corrected chi connectivity index (χ4v) is 36.7. The van der Waals surface area contributed by atoms with Crippen LogP contribution in [0.3, 0.4) is 0 Å². The van der Waals surface area contributed by atoms with Crippen LogP contribution >= 0.6 is 17.0 Å². The molecule has 6 aromatic rings. The first-order valence-corrected chi connectivity index (χ1v) is 34.1. The van der Waals surface area contributed by atoms with Crippen LogP contribution in [0.25, 0.3) is 45.6 Å². The molecule has 2 heterocycles. The molecule has 4 aromatic carbocycles. The van der Waals surface area contributed by atoms with Gasteiger partial charge in [-0.05, 0) is 0 Å². The molecular formula is C46H38Cl2F6O2SiZr. The topological polar surface area (TPSA) is 26.3 Å². The van der Waals surface area contributed by atoms with Gasteiger partial charge in [0.15, 0.2) is 0 Å². The number of alkyl halides is 6. The molecule has 2 nitrogen and oxygen atoms in total. The van der Waals surface area contributed by atoms with Crippen LogP contribution in [0.15, 0.2) is 106 Å². The number of halogens is 8. The average molecular weight is 927 g/mol. The Bertz CT molecular complexity index is 2600. The average Bonchev–Trinajstić information content (AvgIpc) is 3.96. The predicted octanol–water partition coefficient (Wildman–Crippen LogP) is 15.6. The first kappa shape index (κ1) is 40.9. The fourth-order valence-electron chi connectivity index (χ4n) is 9.03. The van der Waals surface area contributed by atoms with Gasteiger partial charge >= 0.3 is 343 Å². The second kappa shape index (κ2) is 14.1. The number of hydrogen-bond donors (Lipinski definition) is 0. The van der Waals surface area contributed by atoms with Crippen LogP contribution in [0.4, 0.5) is 26.3 Å². The Morgan fingerprint density at radius 2 is 0.879 bits per heavy atom. The van der Waals surface area contributed by atoms with Gasteiger partial charge in [0, 0.05) is 0 Å². The number of allylic oxidation sites excluding steroid dienone is 2. The molecule has 2 atom stereocenters. The van der Waals surface area contributed by atoms with Gasteiger partial charge in [0.2, 0.25) is 0 Å². The molecule has 0 saturated heterocycles. The Balaban J connectivity index is 1.42. The quantitative estimate of drug-likeness (QED) is 0.123. The maximum absolute atomic E-state index is 13.7. The summed E-state index contributed by atoms with van der Waals surface area (Å²) in [6, 6.07) is 26.1. The van der Waals surface area contributed by atoms with E-state index in [0.29, 0.717) is 34.2 Å². The molecule has 2 aromatic heterocycles. The summed E-state index contributed by atoms with van der Waals surface area (Å²) in [5.74, 6) is 2.59. The molecule has 8 rings (SSSR count).